The second-order valence-electron chi connectivity index (χ2n) is 8.41. The lowest BCUT2D eigenvalue weighted by Crippen LogP contribution is -2.52. The van der Waals surface area contributed by atoms with E-state index in [2.05, 4.69) is 0 Å². The molecule has 1 spiro atoms. The molecule has 2 aliphatic heterocycles. The lowest BCUT2D eigenvalue weighted by Gasteiger charge is -2.44. The summed E-state index contributed by atoms with van der Waals surface area (Å²) in [6.07, 6.45) is 1.46. The van der Waals surface area contributed by atoms with E-state index in [4.69, 9.17) is 14.2 Å². The first kappa shape index (κ1) is 20.4. The molecule has 0 unspecified atom stereocenters. The molecule has 6 heteroatoms. The Labute approximate surface area is 186 Å². The van der Waals surface area contributed by atoms with Crippen LogP contribution >= 0.6 is 0 Å². The summed E-state index contributed by atoms with van der Waals surface area (Å²) in [6.45, 7) is 1.07. The second-order valence-corrected chi connectivity index (χ2v) is 8.41. The summed E-state index contributed by atoms with van der Waals surface area (Å²) in [7, 11) is 3.10. The molecule has 0 atom stereocenters. The van der Waals surface area contributed by atoms with Crippen molar-refractivity contribution in [1.29, 1.82) is 0 Å². The van der Waals surface area contributed by atoms with Crippen molar-refractivity contribution in [3.63, 3.8) is 0 Å². The van der Waals surface area contributed by atoms with E-state index in [0.717, 1.165) is 10.8 Å². The zero-order valence-corrected chi connectivity index (χ0v) is 18.2. The number of hydrogen-bond donors (Lipinski definition) is 0. The number of Topliss-reactive ketones (excluding diaryl/α,β-unsaturated/α-hetero) is 1. The van der Waals surface area contributed by atoms with Gasteiger partial charge in [-0.3, -0.25) is 9.59 Å². The number of carbonyl (C=O) groups is 2. The highest BCUT2D eigenvalue weighted by atomic mass is 16.5. The van der Waals surface area contributed by atoms with Gasteiger partial charge in [0.1, 0.15) is 28.4 Å². The third-order valence-corrected chi connectivity index (χ3v) is 6.57. The van der Waals surface area contributed by atoms with Crippen LogP contribution in [0.1, 0.15) is 40.0 Å². The Kier molecular flexibility index (Phi) is 5.00. The number of nitrogens with zero attached hydrogens (tertiary/aromatic N) is 1. The molecule has 164 valence electrons. The van der Waals surface area contributed by atoms with Crippen molar-refractivity contribution in [2.45, 2.75) is 24.9 Å². The monoisotopic (exact) mass is 431 g/mol. The molecule has 1 fully saturated rings. The molecule has 0 bridgehead atoms. The van der Waals surface area contributed by atoms with Crippen LogP contribution in [-0.4, -0.2) is 49.5 Å². The molecule has 1 amide bonds. The highest BCUT2D eigenvalue weighted by molar-refractivity contribution is 6.07. The first-order valence-corrected chi connectivity index (χ1v) is 10.8. The Morgan fingerprint density at radius 1 is 1.00 bits per heavy atom. The fourth-order valence-corrected chi connectivity index (χ4v) is 4.83. The van der Waals surface area contributed by atoms with E-state index in [1.165, 1.54) is 7.11 Å². The van der Waals surface area contributed by atoms with Gasteiger partial charge in [-0.15, -0.1) is 0 Å². The highest BCUT2D eigenvalue weighted by Gasteiger charge is 2.45. The quantitative estimate of drug-likeness (QED) is 0.611. The van der Waals surface area contributed by atoms with Crippen molar-refractivity contribution in [3.8, 4) is 17.2 Å². The van der Waals surface area contributed by atoms with Crippen LogP contribution in [0.5, 0.6) is 17.2 Å². The summed E-state index contributed by atoms with van der Waals surface area (Å²) in [6, 6.07) is 17.2. The van der Waals surface area contributed by atoms with Crippen molar-refractivity contribution in [1.82, 2.24) is 4.90 Å². The van der Waals surface area contributed by atoms with E-state index in [0.29, 0.717) is 54.3 Å². The average Bonchev–Trinajstić information content (AvgIpc) is 2.82. The maximum absolute atomic E-state index is 13.3. The summed E-state index contributed by atoms with van der Waals surface area (Å²) in [5.74, 6) is 1.55. The lowest BCUT2D eigenvalue weighted by molar-refractivity contribution is -0.00605. The molecule has 0 N–H and O–H groups in total. The molecule has 3 aromatic rings. The Bertz CT molecular complexity index is 1200. The number of ether oxygens (including phenoxy) is 3. The van der Waals surface area contributed by atoms with E-state index in [1.54, 1.807) is 19.2 Å². The Morgan fingerprint density at radius 2 is 1.75 bits per heavy atom. The molecular weight excluding hydrogens is 406 g/mol. The summed E-state index contributed by atoms with van der Waals surface area (Å²) in [5, 5.41) is 2.00. The van der Waals surface area contributed by atoms with Gasteiger partial charge in [-0.1, -0.05) is 36.4 Å². The molecule has 0 saturated carbocycles. The van der Waals surface area contributed by atoms with E-state index in [9.17, 15) is 9.59 Å². The van der Waals surface area contributed by atoms with Crippen LogP contribution < -0.4 is 14.2 Å². The van der Waals surface area contributed by atoms with Crippen LogP contribution in [0, 0.1) is 0 Å². The number of rotatable bonds is 3. The normalized spacial score (nSPS) is 17.1. The number of amides is 1. The minimum atomic E-state index is -0.614. The van der Waals surface area contributed by atoms with Gasteiger partial charge in [0.05, 0.1) is 20.6 Å². The zero-order chi connectivity index (χ0) is 22.3. The van der Waals surface area contributed by atoms with Gasteiger partial charge in [0.15, 0.2) is 5.78 Å². The van der Waals surface area contributed by atoms with Crippen LogP contribution in [-0.2, 0) is 0 Å². The number of fused-ring (bicyclic) bond motifs is 2. The lowest BCUT2D eigenvalue weighted by atomic mass is 9.82. The maximum Gasteiger partial charge on any atom is 0.254 e. The maximum atomic E-state index is 13.3. The first-order valence-electron chi connectivity index (χ1n) is 10.8. The van der Waals surface area contributed by atoms with Crippen LogP contribution in [0.15, 0.2) is 54.6 Å². The van der Waals surface area contributed by atoms with Gasteiger partial charge in [-0.05, 0) is 16.8 Å². The van der Waals surface area contributed by atoms with Crippen LogP contribution in [0.25, 0.3) is 10.8 Å². The first-order chi connectivity index (χ1) is 15.5. The number of methoxy groups -OCH3 is 2. The fourth-order valence-electron chi connectivity index (χ4n) is 4.83. The molecular formula is C26H25NO5. The standard InChI is InChI=1S/C26H25NO5/c1-30-18-14-22(31-2)24-21(28)16-26(32-23(24)15-18)10-12-27(13-11-26)25(29)20-9-5-7-17-6-3-4-8-19(17)20/h3-9,14-15H,10-13,16H2,1-2H3. The van der Waals surface area contributed by atoms with Crippen molar-refractivity contribution < 1.29 is 23.8 Å². The number of piperidine rings is 1. The van der Waals surface area contributed by atoms with Gasteiger partial charge in [-0.25, -0.2) is 0 Å². The van der Waals surface area contributed by atoms with Crippen molar-refractivity contribution in [2.24, 2.45) is 0 Å². The zero-order valence-electron chi connectivity index (χ0n) is 18.2. The summed E-state index contributed by atoms with van der Waals surface area (Å²) >= 11 is 0. The number of carbonyl (C=O) groups excluding carboxylic acids is 2. The molecule has 2 heterocycles. The fraction of sp³-hybridized carbons (Fsp3) is 0.308. The molecule has 2 aliphatic rings. The average molecular weight is 431 g/mol. The van der Waals surface area contributed by atoms with Gasteiger partial charge >= 0.3 is 0 Å². The Hall–Kier alpha value is -3.54. The molecule has 0 aliphatic carbocycles. The topological polar surface area (TPSA) is 65.1 Å². The second kappa shape index (κ2) is 7.86. The third-order valence-electron chi connectivity index (χ3n) is 6.57. The van der Waals surface area contributed by atoms with Gasteiger partial charge < -0.3 is 19.1 Å². The van der Waals surface area contributed by atoms with Crippen LogP contribution in [0.4, 0.5) is 0 Å². The molecule has 0 aromatic heterocycles. The van der Waals surface area contributed by atoms with Gasteiger partial charge in [0.2, 0.25) is 0 Å². The molecule has 3 aromatic carbocycles. The van der Waals surface area contributed by atoms with Crippen LogP contribution in [0.2, 0.25) is 0 Å². The van der Waals surface area contributed by atoms with Crippen molar-refractivity contribution in [3.05, 3.63) is 65.7 Å². The summed E-state index contributed by atoms with van der Waals surface area (Å²) < 4.78 is 17.1. The highest BCUT2D eigenvalue weighted by Crippen LogP contribution is 2.44. The third kappa shape index (κ3) is 3.36. The Morgan fingerprint density at radius 3 is 2.50 bits per heavy atom. The number of benzene rings is 3. The predicted octanol–water partition coefficient (Wildman–Crippen LogP) is 4.50. The number of likely N-dealkylation sites (tertiary alicyclic amines) is 1. The van der Waals surface area contributed by atoms with Gasteiger partial charge in [-0.2, -0.15) is 0 Å². The van der Waals surface area contributed by atoms with Gasteiger partial charge in [0.25, 0.3) is 5.91 Å². The van der Waals surface area contributed by atoms with E-state index in [-0.39, 0.29) is 18.1 Å². The van der Waals surface area contributed by atoms with E-state index < -0.39 is 5.60 Å². The van der Waals surface area contributed by atoms with Crippen molar-refractivity contribution in [2.75, 3.05) is 27.3 Å². The molecule has 6 nitrogen and oxygen atoms in total. The van der Waals surface area contributed by atoms with E-state index >= 15 is 0 Å². The van der Waals surface area contributed by atoms with Crippen LogP contribution in [0.3, 0.4) is 0 Å². The van der Waals surface area contributed by atoms with Gasteiger partial charge in [0, 0.05) is 43.6 Å². The molecule has 1 saturated heterocycles. The minimum Gasteiger partial charge on any atom is -0.496 e. The molecule has 5 rings (SSSR count). The number of hydrogen-bond acceptors (Lipinski definition) is 5. The van der Waals surface area contributed by atoms with E-state index in [1.807, 2.05) is 47.4 Å². The summed E-state index contributed by atoms with van der Waals surface area (Å²) in [5.41, 5.74) is 0.560. The van der Waals surface area contributed by atoms with Crippen molar-refractivity contribution >= 4 is 22.5 Å². The predicted molar refractivity (Wildman–Crippen MR) is 121 cm³/mol. The Balaban J connectivity index is 1.38. The SMILES string of the molecule is COc1cc(OC)c2c(c1)OC1(CCN(C(=O)c3cccc4ccccc34)CC1)CC2=O. The smallest absolute Gasteiger partial charge is 0.254 e. The minimum absolute atomic E-state index is 0.000386. The number of ketones is 1. The summed E-state index contributed by atoms with van der Waals surface area (Å²) in [4.78, 5) is 28.2. The molecule has 0 radical (unpaired) electrons. The largest absolute Gasteiger partial charge is 0.496 e. The molecule has 32 heavy (non-hydrogen) atoms.